The molecule has 1 heterocycles. The van der Waals surface area contributed by atoms with E-state index in [1.165, 1.54) is 35.2 Å². The van der Waals surface area contributed by atoms with Gasteiger partial charge in [-0.15, -0.1) is 0 Å². The van der Waals surface area contributed by atoms with Gasteiger partial charge >= 0.3 is 5.97 Å². The summed E-state index contributed by atoms with van der Waals surface area (Å²) in [4.78, 5) is 25.5. The Labute approximate surface area is 162 Å². The van der Waals surface area contributed by atoms with Crippen molar-refractivity contribution >= 4 is 21.9 Å². The highest BCUT2D eigenvalue weighted by atomic mass is 32.2. The SMILES string of the molecule is O=C(O)CC1C(=O)N(Cc2ccccc2F)CCN1S(=O)(=O)c1ccccc1. The molecule has 9 heteroatoms. The van der Waals surface area contributed by atoms with Crippen LogP contribution in [0.3, 0.4) is 0 Å². The highest BCUT2D eigenvalue weighted by Gasteiger charge is 2.42. The summed E-state index contributed by atoms with van der Waals surface area (Å²) < 4.78 is 40.7. The molecule has 1 fully saturated rings. The molecule has 0 bridgehead atoms. The van der Waals surface area contributed by atoms with Crippen molar-refractivity contribution < 1.29 is 27.5 Å². The molecule has 0 aromatic heterocycles. The van der Waals surface area contributed by atoms with Gasteiger partial charge in [-0.1, -0.05) is 36.4 Å². The zero-order chi connectivity index (χ0) is 20.3. The maximum Gasteiger partial charge on any atom is 0.305 e. The number of sulfonamides is 1. The molecule has 1 N–H and O–H groups in total. The van der Waals surface area contributed by atoms with Crippen LogP contribution in [0, 0.1) is 5.82 Å². The second kappa shape index (κ2) is 8.07. The standard InChI is InChI=1S/C19H19FN2O5S/c20-16-9-5-4-6-14(16)13-21-10-11-22(17(19(21)25)12-18(23)24)28(26,27)15-7-2-1-3-8-15/h1-9,17H,10-13H2,(H,23,24). The number of hydrogen-bond acceptors (Lipinski definition) is 4. The van der Waals surface area contributed by atoms with Gasteiger partial charge in [-0.3, -0.25) is 9.59 Å². The first-order valence-electron chi connectivity index (χ1n) is 8.61. The van der Waals surface area contributed by atoms with Gasteiger partial charge in [0, 0.05) is 25.2 Å². The average molecular weight is 406 g/mol. The molecule has 1 aliphatic heterocycles. The van der Waals surface area contributed by atoms with Crippen LogP contribution in [0.2, 0.25) is 0 Å². The predicted octanol–water partition coefficient (Wildman–Crippen LogP) is 1.70. The number of piperazine rings is 1. The quantitative estimate of drug-likeness (QED) is 0.788. The zero-order valence-electron chi connectivity index (χ0n) is 14.9. The molecule has 1 aliphatic rings. The van der Waals surface area contributed by atoms with Gasteiger partial charge in [-0.25, -0.2) is 12.8 Å². The number of carbonyl (C=O) groups excluding carboxylic acids is 1. The Balaban J connectivity index is 1.89. The number of carboxylic acids is 1. The maximum absolute atomic E-state index is 13.9. The number of aliphatic carboxylic acids is 1. The highest BCUT2D eigenvalue weighted by Crippen LogP contribution is 2.25. The molecular weight excluding hydrogens is 387 g/mol. The van der Waals surface area contributed by atoms with Crippen LogP contribution in [0.25, 0.3) is 0 Å². The third kappa shape index (κ3) is 4.05. The normalized spacial score (nSPS) is 18.2. The van der Waals surface area contributed by atoms with E-state index in [0.717, 1.165) is 4.31 Å². The summed E-state index contributed by atoms with van der Waals surface area (Å²) in [6.45, 7) is -0.0917. The Morgan fingerprint density at radius 2 is 1.71 bits per heavy atom. The van der Waals surface area contributed by atoms with Crippen LogP contribution >= 0.6 is 0 Å². The van der Waals surface area contributed by atoms with Crippen LogP contribution in [0.15, 0.2) is 59.5 Å². The molecule has 0 radical (unpaired) electrons. The van der Waals surface area contributed by atoms with Gasteiger partial charge in [0.15, 0.2) is 0 Å². The first kappa shape index (κ1) is 20.0. The summed E-state index contributed by atoms with van der Waals surface area (Å²) in [7, 11) is -4.05. The van der Waals surface area contributed by atoms with Gasteiger partial charge in [0.1, 0.15) is 11.9 Å². The Bertz CT molecular complexity index is 981. The van der Waals surface area contributed by atoms with Crippen molar-refractivity contribution in [1.82, 2.24) is 9.21 Å². The lowest BCUT2D eigenvalue weighted by Gasteiger charge is -2.39. The molecule has 3 rings (SSSR count). The van der Waals surface area contributed by atoms with Crippen LogP contribution < -0.4 is 0 Å². The molecule has 0 aliphatic carbocycles. The first-order chi connectivity index (χ1) is 13.3. The lowest BCUT2D eigenvalue weighted by molar-refractivity contribution is -0.147. The third-order valence-electron chi connectivity index (χ3n) is 4.57. The Kier molecular flexibility index (Phi) is 5.76. The van der Waals surface area contributed by atoms with Crippen LogP contribution in [-0.2, 0) is 26.2 Å². The van der Waals surface area contributed by atoms with Gasteiger partial charge in [-0.05, 0) is 18.2 Å². The molecule has 0 saturated carbocycles. The molecule has 1 atom stereocenters. The lowest BCUT2D eigenvalue weighted by atomic mass is 10.1. The molecular formula is C19H19FN2O5S. The number of carboxylic acid groups (broad SMARTS) is 1. The number of nitrogens with zero attached hydrogens (tertiary/aromatic N) is 2. The second-order valence-corrected chi connectivity index (χ2v) is 8.28. The van der Waals surface area contributed by atoms with E-state index in [1.807, 2.05) is 0 Å². The Morgan fingerprint density at radius 1 is 1.07 bits per heavy atom. The monoisotopic (exact) mass is 406 g/mol. The van der Waals surface area contributed by atoms with Crippen molar-refractivity contribution in [3.63, 3.8) is 0 Å². The predicted molar refractivity (Wildman–Crippen MR) is 98.2 cm³/mol. The zero-order valence-corrected chi connectivity index (χ0v) is 15.7. The minimum atomic E-state index is -4.05. The number of benzene rings is 2. The Morgan fingerprint density at radius 3 is 2.36 bits per heavy atom. The molecule has 1 saturated heterocycles. The number of halogens is 1. The summed E-state index contributed by atoms with van der Waals surface area (Å²) in [5.74, 6) is -2.43. The van der Waals surface area contributed by atoms with E-state index in [4.69, 9.17) is 0 Å². The van der Waals surface area contributed by atoms with Gasteiger partial charge in [0.25, 0.3) is 0 Å². The minimum absolute atomic E-state index is 0.0132. The fourth-order valence-electron chi connectivity index (χ4n) is 3.18. The highest BCUT2D eigenvalue weighted by molar-refractivity contribution is 7.89. The van der Waals surface area contributed by atoms with Crippen molar-refractivity contribution in [2.75, 3.05) is 13.1 Å². The molecule has 148 valence electrons. The number of hydrogen-bond donors (Lipinski definition) is 1. The van der Waals surface area contributed by atoms with Gasteiger partial charge in [-0.2, -0.15) is 4.31 Å². The summed E-state index contributed by atoms with van der Waals surface area (Å²) in [5, 5.41) is 9.21. The first-order valence-corrected chi connectivity index (χ1v) is 10.1. The van der Waals surface area contributed by atoms with Crippen molar-refractivity contribution in [3.05, 3.63) is 66.0 Å². The van der Waals surface area contributed by atoms with E-state index < -0.39 is 40.2 Å². The van der Waals surface area contributed by atoms with Crippen LogP contribution in [0.1, 0.15) is 12.0 Å². The number of rotatable bonds is 6. The summed E-state index contributed by atoms with van der Waals surface area (Å²) >= 11 is 0. The molecule has 28 heavy (non-hydrogen) atoms. The topological polar surface area (TPSA) is 95.0 Å². The van der Waals surface area contributed by atoms with E-state index >= 15 is 0 Å². The molecule has 2 aromatic carbocycles. The lowest BCUT2D eigenvalue weighted by Crippen LogP contribution is -2.58. The summed E-state index contributed by atoms with van der Waals surface area (Å²) in [5.41, 5.74) is 0.282. The fourth-order valence-corrected chi connectivity index (χ4v) is 4.77. The summed E-state index contributed by atoms with van der Waals surface area (Å²) in [6.07, 6.45) is -0.668. The van der Waals surface area contributed by atoms with E-state index in [-0.39, 0.29) is 30.1 Å². The molecule has 0 spiro atoms. The molecule has 2 aromatic rings. The van der Waals surface area contributed by atoms with Crippen LogP contribution in [-0.4, -0.2) is 53.7 Å². The van der Waals surface area contributed by atoms with Crippen molar-refractivity contribution in [3.8, 4) is 0 Å². The van der Waals surface area contributed by atoms with Crippen molar-refractivity contribution in [2.24, 2.45) is 0 Å². The average Bonchev–Trinajstić information content (AvgIpc) is 2.67. The number of carbonyl (C=O) groups is 2. The molecule has 1 unspecified atom stereocenters. The van der Waals surface area contributed by atoms with E-state index in [2.05, 4.69) is 0 Å². The third-order valence-corrected chi connectivity index (χ3v) is 6.49. The van der Waals surface area contributed by atoms with E-state index in [9.17, 15) is 27.5 Å². The van der Waals surface area contributed by atoms with Gasteiger partial charge in [0.05, 0.1) is 11.3 Å². The molecule has 7 nitrogen and oxygen atoms in total. The van der Waals surface area contributed by atoms with E-state index in [0.29, 0.717) is 0 Å². The van der Waals surface area contributed by atoms with E-state index in [1.54, 1.807) is 24.3 Å². The smallest absolute Gasteiger partial charge is 0.305 e. The minimum Gasteiger partial charge on any atom is -0.481 e. The second-order valence-electron chi connectivity index (χ2n) is 6.39. The largest absolute Gasteiger partial charge is 0.481 e. The fraction of sp³-hybridized carbons (Fsp3) is 0.263. The maximum atomic E-state index is 13.9. The van der Waals surface area contributed by atoms with Gasteiger partial charge in [0.2, 0.25) is 15.9 Å². The number of amides is 1. The van der Waals surface area contributed by atoms with Crippen LogP contribution in [0.5, 0.6) is 0 Å². The van der Waals surface area contributed by atoms with Crippen molar-refractivity contribution in [2.45, 2.75) is 23.9 Å². The van der Waals surface area contributed by atoms with Gasteiger partial charge < -0.3 is 10.0 Å². The van der Waals surface area contributed by atoms with Crippen molar-refractivity contribution in [1.29, 1.82) is 0 Å². The molecule has 1 amide bonds. The summed E-state index contributed by atoms with van der Waals surface area (Å²) in [6, 6.07) is 12.1. The Hall–Kier alpha value is -2.78. The van der Waals surface area contributed by atoms with Crippen LogP contribution in [0.4, 0.5) is 4.39 Å².